The third-order valence-electron chi connectivity index (χ3n) is 16.6. The second-order valence-corrected chi connectivity index (χ2v) is 24.3. The maximum Gasteiger partial charge on any atom is 0.220 e. The van der Waals surface area contributed by atoms with Crippen LogP contribution in [-0.4, -0.2) is 140 Å². The van der Waals surface area contributed by atoms with E-state index in [-0.39, 0.29) is 18.9 Å². The fourth-order valence-electron chi connectivity index (χ4n) is 11.1. The average molecular weight is 1200 g/mol. The van der Waals surface area contributed by atoms with E-state index in [1.165, 1.54) is 173 Å². The number of rotatable bonds is 56. The van der Waals surface area contributed by atoms with Gasteiger partial charge in [-0.05, 0) is 64.2 Å². The van der Waals surface area contributed by atoms with Gasteiger partial charge in [0, 0.05) is 6.42 Å². The van der Waals surface area contributed by atoms with E-state index in [2.05, 4.69) is 79.9 Å². The van der Waals surface area contributed by atoms with Crippen molar-refractivity contribution < 1.29 is 64.6 Å². The molecule has 2 fully saturated rings. The first-order valence-electron chi connectivity index (χ1n) is 34.7. The van der Waals surface area contributed by atoms with E-state index in [1.807, 2.05) is 6.08 Å². The molecule has 2 heterocycles. The first-order chi connectivity index (χ1) is 41.6. The summed E-state index contributed by atoms with van der Waals surface area (Å²) in [6.45, 7) is 2.71. The zero-order chi connectivity index (χ0) is 61.6. The van der Waals surface area contributed by atoms with Gasteiger partial charge in [0.2, 0.25) is 5.91 Å². The number of ether oxygens (including phenoxy) is 4. The number of carbonyl (C=O) groups is 1. The Bertz CT molecular complexity index is 1700. The summed E-state index contributed by atoms with van der Waals surface area (Å²) in [5.74, 6) is -0.240. The molecule has 0 aromatic carbocycles. The lowest BCUT2D eigenvalue weighted by Gasteiger charge is -2.46. The highest BCUT2D eigenvalue weighted by atomic mass is 16.7. The number of nitrogens with one attached hydrogen (secondary N) is 1. The van der Waals surface area contributed by atoms with Gasteiger partial charge in [-0.25, -0.2) is 0 Å². The van der Waals surface area contributed by atoms with Gasteiger partial charge >= 0.3 is 0 Å². The van der Waals surface area contributed by atoms with Gasteiger partial charge < -0.3 is 65.1 Å². The Morgan fingerprint density at radius 3 is 1.25 bits per heavy atom. The van der Waals surface area contributed by atoms with E-state index < -0.39 is 86.8 Å². The predicted octanol–water partition coefficient (Wildman–Crippen LogP) is 13.8. The van der Waals surface area contributed by atoms with Crippen LogP contribution < -0.4 is 5.32 Å². The molecule has 0 bridgehead atoms. The molecule has 9 N–H and O–H groups in total. The van der Waals surface area contributed by atoms with Gasteiger partial charge in [-0.2, -0.15) is 0 Å². The smallest absolute Gasteiger partial charge is 0.220 e. The molecule has 85 heavy (non-hydrogen) atoms. The molecule has 14 nitrogen and oxygen atoms in total. The van der Waals surface area contributed by atoms with E-state index in [0.717, 1.165) is 77.0 Å². The number of unbranched alkanes of at least 4 members (excludes halogenated alkanes) is 33. The molecular formula is C71H127NO13. The molecule has 12 atom stereocenters. The minimum atomic E-state index is -1.79. The van der Waals surface area contributed by atoms with Crippen molar-refractivity contribution in [2.75, 3.05) is 19.8 Å². The fourth-order valence-corrected chi connectivity index (χ4v) is 11.1. The normalized spacial score (nSPS) is 24.0. The Morgan fingerprint density at radius 2 is 0.812 bits per heavy atom. The lowest BCUT2D eigenvalue weighted by molar-refractivity contribution is -0.359. The molecule has 2 aliphatic rings. The number of hydrogen-bond acceptors (Lipinski definition) is 13. The second kappa shape index (κ2) is 55.5. The summed E-state index contributed by atoms with van der Waals surface area (Å²) in [5, 5.41) is 87.4. The van der Waals surface area contributed by atoms with Crippen LogP contribution in [0.3, 0.4) is 0 Å². The zero-order valence-electron chi connectivity index (χ0n) is 53.6. The van der Waals surface area contributed by atoms with Gasteiger partial charge in [-0.1, -0.05) is 279 Å². The molecule has 0 radical (unpaired) electrons. The Morgan fingerprint density at radius 1 is 0.435 bits per heavy atom. The largest absolute Gasteiger partial charge is 0.394 e. The van der Waals surface area contributed by atoms with Crippen LogP contribution in [-0.2, 0) is 23.7 Å². The van der Waals surface area contributed by atoms with E-state index in [4.69, 9.17) is 18.9 Å². The van der Waals surface area contributed by atoms with E-state index in [0.29, 0.717) is 6.42 Å². The first kappa shape index (κ1) is 78.5. The lowest BCUT2D eigenvalue weighted by Crippen LogP contribution is -2.65. The van der Waals surface area contributed by atoms with Gasteiger partial charge in [0.25, 0.3) is 0 Å². The van der Waals surface area contributed by atoms with Crippen LogP contribution in [0.1, 0.15) is 277 Å². The standard InChI is InChI=1S/C71H127NO13/c1-3-5-7-9-11-13-15-17-19-21-23-25-27-28-29-30-31-32-33-35-37-39-41-43-45-47-49-51-53-55-63(76)72-59(58-82-70-68(81)66(79)69(62(57-74)84-70)85-71-67(80)65(78)64(77)61(56-73)83-71)60(75)54-52-50-48-46-44-42-40-38-36-34-26-24-22-20-18-16-14-12-10-8-6-4-2/h5,7,11,13,17,19,23,25,28-29,52,54,59-62,64-71,73-75,77-81H,3-4,6,8-10,12,14-16,18,20-22,24,26-27,30-51,53,55-58H2,1-2H3,(H,72,76)/b7-5-,13-11-,19-17-,25-23-,29-28-,54-52+. The van der Waals surface area contributed by atoms with Crippen LogP contribution in [0.5, 0.6) is 0 Å². The Hall–Kier alpha value is -2.57. The Balaban J connectivity index is 1.69. The Labute approximate surface area is 517 Å². The van der Waals surface area contributed by atoms with Gasteiger partial charge in [-0.15, -0.1) is 0 Å². The van der Waals surface area contributed by atoms with Crippen LogP contribution >= 0.6 is 0 Å². The van der Waals surface area contributed by atoms with Gasteiger partial charge in [0.1, 0.15) is 48.8 Å². The van der Waals surface area contributed by atoms with Gasteiger partial charge in [0.05, 0.1) is 32.0 Å². The van der Waals surface area contributed by atoms with Gasteiger partial charge in [0.15, 0.2) is 12.6 Å². The molecule has 2 rings (SSSR count). The summed E-state index contributed by atoms with van der Waals surface area (Å²) < 4.78 is 22.9. The van der Waals surface area contributed by atoms with Crippen molar-refractivity contribution in [3.8, 4) is 0 Å². The summed E-state index contributed by atoms with van der Waals surface area (Å²) in [6, 6.07) is -0.920. The van der Waals surface area contributed by atoms with Crippen molar-refractivity contribution in [3.05, 3.63) is 72.9 Å². The van der Waals surface area contributed by atoms with Crippen molar-refractivity contribution in [2.45, 2.75) is 351 Å². The van der Waals surface area contributed by atoms with Crippen LogP contribution in [0.2, 0.25) is 0 Å². The van der Waals surface area contributed by atoms with Crippen LogP contribution in [0.15, 0.2) is 72.9 Å². The summed E-state index contributed by atoms with van der Waals surface area (Å²) in [6.07, 6.45) is 58.0. The maximum absolute atomic E-state index is 13.3. The SMILES string of the molecule is CC/C=C\C/C=C\C/C=C\C/C=C\C/C=C\CCCCCCCCCCCCCCCC(=O)NC(COC1OC(CO)C(OC2OC(CO)C(O)C(O)C2O)C(O)C1O)C(O)/C=C/CCCCCCCCCCCCCCCCCCCCCC. The Kier molecular flexibility index (Phi) is 51.3. The number of aliphatic hydroxyl groups is 8. The van der Waals surface area contributed by atoms with Crippen LogP contribution in [0, 0.1) is 0 Å². The van der Waals surface area contributed by atoms with Crippen molar-refractivity contribution in [3.63, 3.8) is 0 Å². The molecular weight excluding hydrogens is 1070 g/mol. The highest BCUT2D eigenvalue weighted by Gasteiger charge is 2.51. The predicted molar refractivity (Wildman–Crippen MR) is 346 cm³/mol. The third kappa shape index (κ3) is 39.9. The number of allylic oxidation sites excluding steroid dienone is 11. The molecule has 12 unspecified atom stereocenters. The molecule has 0 saturated carbocycles. The van der Waals surface area contributed by atoms with Crippen LogP contribution in [0.25, 0.3) is 0 Å². The topological polar surface area (TPSA) is 228 Å². The molecule has 2 saturated heterocycles. The van der Waals surface area contributed by atoms with Crippen molar-refractivity contribution in [1.82, 2.24) is 5.32 Å². The van der Waals surface area contributed by atoms with Crippen molar-refractivity contribution >= 4 is 5.91 Å². The molecule has 14 heteroatoms. The lowest BCUT2D eigenvalue weighted by atomic mass is 9.97. The van der Waals surface area contributed by atoms with Crippen LogP contribution in [0.4, 0.5) is 0 Å². The molecule has 1 amide bonds. The summed E-state index contributed by atoms with van der Waals surface area (Å²) in [4.78, 5) is 13.3. The van der Waals surface area contributed by atoms with E-state index >= 15 is 0 Å². The third-order valence-corrected chi connectivity index (χ3v) is 16.6. The van der Waals surface area contributed by atoms with Crippen molar-refractivity contribution in [1.29, 1.82) is 0 Å². The van der Waals surface area contributed by atoms with E-state index in [1.54, 1.807) is 6.08 Å². The minimum Gasteiger partial charge on any atom is -0.394 e. The number of amides is 1. The summed E-state index contributed by atoms with van der Waals surface area (Å²) in [7, 11) is 0. The second-order valence-electron chi connectivity index (χ2n) is 24.3. The molecule has 0 aromatic rings. The quantitative estimate of drug-likeness (QED) is 0.0204. The number of carbonyl (C=O) groups excluding carboxylic acids is 1. The summed E-state index contributed by atoms with van der Waals surface area (Å²) in [5.41, 5.74) is 0. The molecule has 2 aliphatic heterocycles. The molecule has 0 aliphatic carbocycles. The molecule has 494 valence electrons. The van der Waals surface area contributed by atoms with Gasteiger partial charge in [-0.3, -0.25) is 4.79 Å². The zero-order valence-corrected chi connectivity index (χ0v) is 53.6. The first-order valence-corrected chi connectivity index (χ1v) is 34.7. The average Bonchev–Trinajstić information content (AvgIpc) is 3.69. The van der Waals surface area contributed by atoms with Crippen molar-refractivity contribution in [2.24, 2.45) is 0 Å². The highest BCUT2D eigenvalue weighted by molar-refractivity contribution is 5.76. The molecule has 0 aromatic heterocycles. The summed E-state index contributed by atoms with van der Waals surface area (Å²) >= 11 is 0. The number of aliphatic hydroxyl groups excluding tert-OH is 8. The maximum atomic E-state index is 13.3. The van der Waals surface area contributed by atoms with E-state index in [9.17, 15) is 45.6 Å². The minimum absolute atomic E-state index is 0.240. The highest BCUT2D eigenvalue weighted by Crippen LogP contribution is 2.30. The number of hydrogen-bond donors (Lipinski definition) is 9. The molecule has 0 spiro atoms. The fraction of sp³-hybridized carbons (Fsp3) is 0.817. The monoisotopic (exact) mass is 1200 g/mol.